The molecule has 0 saturated heterocycles. The van der Waals surface area contributed by atoms with E-state index in [1.54, 1.807) is 7.11 Å². The molecule has 2 N–H and O–H groups in total. The molecule has 0 heterocycles. The van der Waals surface area contributed by atoms with Crippen molar-refractivity contribution in [2.45, 2.75) is 39.2 Å². The van der Waals surface area contributed by atoms with Gasteiger partial charge in [-0.1, -0.05) is 31.5 Å². The van der Waals surface area contributed by atoms with E-state index in [2.05, 4.69) is 19.9 Å². The first-order chi connectivity index (χ1) is 7.27. The first-order valence-electron chi connectivity index (χ1n) is 5.44. The van der Waals surface area contributed by atoms with Gasteiger partial charge in [0.25, 0.3) is 0 Å². The Morgan fingerprint density at radius 1 is 1.31 bits per heavy atom. The molecular formula is C13H20ClNO. The number of hydrogen-bond donors (Lipinski definition) is 1. The predicted octanol–water partition coefficient (Wildman–Crippen LogP) is 3.67. The number of halogens is 1. The minimum absolute atomic E-state index is 0.423. The molecular weight excluding hydrogens is 222 g/mol. The van der Waals surface area contributed by atoms with Crippen LogP contribution in [-0.2, 0) is 5.54 Å². The first-order valence-corrected chi connectivity index (χ1v) is 5.82. The second-order valence-electron chi connectivity index (χ2n) is 4.96. The van der Waals surface area contributed by atoms with E-state index in [1.165, 1.54) is 5.56 Å². The Balaban J connectivity index is 3.42. The highest BCUT2D eigenvalue weighted by atomic mass is 35.5. The lowest BCUT2D eigenvalue weighted by atomic mass is 9.91. The van der Waals surface area contributed by atoms with Gasteiger partial charge >= 0.3 is 0 Å². The molecule has 1 aromatic rings. The van der Waals surface area contributed by atoms with Crippen molar-refractivity contribution >= 4 is 11.6 Å². The maximum absolute atomic E-state index is 6.27. The van der Waals surface area contributed by atoms with Gasteiger partial charge in [0.2, 0.25) is 0 Å². The fourth-order valence-corrected chi connectivity index (χ4v) is 2.00. The summed E-state index contributed by atoms with van der Waals surface area (Å²) in [7, 11) is 1.62. The number of hydrogen-bond acceptors (Lipinski definition) is 2. The highest BCUT2D eigenvalue weighted by Gasteiger charge is 2.22. The topological polar surface area (TPSA) is 35.2 Å². The molecule has 0 spiro atoms. The zero-order valence-electron chi connectivity index (χ0n) is 10.6. The largest absolute Gasteiger partial charge is 0.495 e. The highest BCUT2D eigenvalue weighted by Crippen LogP contribution is 2.36. The van der Waals surface area contributed by atoms with Crippen molar-refractivity contribution < 1.29 is 4.74 Å². The molecule has 0 atom stereocenters. The Bertz CT molecular complexity index is 380. The van der Waals surface area contributed by atoms with Gasteiger partial charge in [0, 0.05) is 5.54 Å². The standard InChI is InChI=1S/C13H20ClNO/c1-8(2)9-6-10(13(3,4)15)12(14)11(7-9)16-5/h6-8H,15H2,1-5H3. The van der Waals surface area contributed by atoms with Crippen molar-refractivity contribution in [3.8, 4) is 5.75 Å². The normalized spacial score (nSPS) is 12.0. The summed E-state index contributed by atoms with van der Waals surface area (Å²) in [5.74, 6) is 1.12. The lowest BCUT2D eigenvalue weighted by molar-refractivity contribution is 0.411. The van der Waals surface area contributed by atoms with Crippen LogP contribution in [0.15, 0.2) is 12.1 Å². The fraction of sp³-hybridized carbons (Fsp3) is 0.538. The summed E-state index contributed by atoms with van der Waals surface area (Å²) in [4.78, 5) is 0. The average molecular weight is 242 g/mol. The van der Waals surface area contributed by atoms with Crippen LogP contribution in [-0.4, -0.2) is 7.11 Å². The molecule has 0 saturated carbocycles. The van der Waals surface area contributed by atoms with Crippen molar-refractivity contribution in [2.24, 2.45) is 5.73 Å². The lowest BCUT2D eigenvalue weighted by Gasteiger charge is -2.24. The summed E-state index contributed by atoms with van der Waals surface area (Å²) in [5.41, 5.74) is 7.76. The van der Waals surface area contributed by atoms with E-state index >= 15 is 0 Å². The quantitative estimate of drug-likeness (QED) is 0.877. The van der Waals surface area contributed by atoms with Gasteiger partial charge in [-0.25, -0.2) is 0 Å². The van der Waals surface area contributed by atoms with Crippen molar-refractivity contribution in [2.75, 3.05) is 7.11 Å². The number of benzene rings is 1. The van der Waals surface area contributed by atoms with Gasteiger partial charge in [-0.2, -0.15) is 0 Å². The van der Waals surface area contributed by atoms with Gasteiger partial charge in [0.05, 0.1) is 12.1 Å². The molecule has 0 radical (unpaired) electrons. The van der Waals surface area contributed by atoms with Gasteiger partial charge < -0.3 is 10.5 Å². The molecule has 0 aromatic heterocycles. The zero-order valence-corrected chi connectivity index (χ0v) is 11.4. The second kappa shape index (κ2) is 4.64. The summed E-state index contributed by atoms with van der Waals surface area (Å²) in [5, 5.41) is 0.611. The van der Waals surface area contributed by atoms with E-state index in [0.29, 0.717) is 16.7 Å². The molecule has 0 aliphatic rings. The summed E-state index contributed by atoms with van der Waals surface area (Å²) < 4.78 is 5.28. The summed E-state index contributed by atoms with van der Waals surface area (Å²) >= 11 is 6.27. The third kappa shape index (κ3) is 2.69. The van der Waals surface area contributed by atoms with Gasteiger partial charge in [-0.15, -0.1) is 0 Å². The molecule has 0 unspecified atom stereocenters. The molecule has 0 aliphatic carbocycles. The van der Waals surface area contributed by atoms with Crippen LogP contribution < -0.4 is 10.5 Å². The third-order valence-electron chi connectivity index (χ3n) is 2.64. The van der Waals surface area contributed by atoms with E-state index in [0.717, 1.165) is 5.56 Å². The number of rotatable bonds is 3. The van der Waals surface area contributed by atoms with Crippen LogP contribution in [0.2, 0.25) is 5.02 Å². The molecule has 0 amide bonds. The molecule has 0 bridgehead atoms. The molecule has 0 aliphatic heterocycles. The Morgan fingerprint density at radius 3 is 2.25 bits per heavy atom. The van der Waals surface area contributed by atoms with Crippen molar-refractivity contribution in [1.29, 1.82) is 0 Å². The second-order valence-corrected chi connectivity index (χ2v) is 5.34. The number of methoxy groups -OCH3 is 1. The summed E-state index contributed by atoms with van der Waals surface area (Å²) in [6.45, 7) is 8.15. The highest BCUT2D eigenvalue weighted by molar-refractivity contribution is 6.33. The molecule has 16 heavy (non-hydrogen) atoms. The van der Waals surface area contributed by atoms with Crippen molar-refractivity contribution in [3.63, 3.8) is 0 Å². The van der Waals surface area contributed by atoms with Crippen LogP contribution in [0.4, 0.5) is 0 Å². The molecule has 1 rings (SSSR count). The summed E-state index contributed by atoms with van der Waals surface area (Å²) in [6, 6.07) is 4.04. The van der Waals surface area contributed by atoms with E-state index in [-0.39, 0.29) is 0 Å². The Kier molecular flexibility index (Phi) is 3.87. The fourth-order valence-electron chi connectivity index (χ4n) is 1.57. The third-order valence-corrected chi connectivity index (χ3v) is 3.03. The van der Waals surface area contributed by atoms with Crippen LogP contribution in [0.3, 0.4) is 0 Å². The Morgan fingerprint density at radius 2 is 1.88 bits per heavy atom. The van der Waals surface area contributed by atoms with E-state index in [1.807, 2.05) is 19.9 Å². The molecule has 1 aromatic carbocycles. The van der Waals surface area contributed by atoms with Crippen LogP contribution in [0.1, 0.15) is 44.7 Å². The minimum Gasteiger partial charge on any atom is -0.495 e. The molecule has 0 fully saturated rings. The maximum Gasteiger partial charge on any atom is 0.138 e. The minimum atomic E-state index is -0.463. The molecule has 90 valence electrons. The Labute approximate surface area is 103 Å². The average Bonchev–Trinajstić information content (AvgIpc) is 2.15. The lowest BCUT2D eigenvalue weighted by Crippen LogP contribution is -2.29. The van der Waals surface area contributed by atoms with E-state index < -0.39 is 5.54 Å². The van der Waals surface area contributed by atoms with Gasteiger partial charge in [0.1, 0.15) is 5.75 Å². The summed E-state index contributed by atoms with van der Waals surface area (Å²) in [6.07, 6.45) is 0. The van der Waals surface area contributed by atoms with Crippen molar-refractivity contribution in [3.05, 3.63) is 28.3 Å². The van der Waals surface area contributed by atoms with E-state index in [4.69, 9.17) is 22.1 Å². The number of ether oxygens (including phenoxy) is 1. The maximum atomic E-state index is 6.27. The van der Waals surface area contributed by atoms with Crippen LogP contribution in [0.25, 0.3) is 0 Å². The monoisotopic (exact) mass is 241 g/mol. The SMILES string of the molecule is COc1cc(C(C)C)cc(C(C)(C)N)c1Cl. The zero-order chi connectivity index (χ0) is 12.5. The van der Waals surface area contributed by atoms with Gasteiger partial charge in [0.15, 0.2) is 0 Å². The predicted molar refractivity (Wildman–Crippen MR) is 69.3 cm³/mol. The first kappa shape index (κ1) is 13.3. The van der Waals surface area contributed by atoms with E-state index in [9.17, 15) is 0 Å². The van der Waals surface area contributed by atoms with Crippen molar-refractivity contribution in [1.82, 2.24) is 0 Å². The molecule has 3 heteroatoms. The molecule has 2 nitrogen and oxygen atoms in total. The van der Waals surface area contributed by atoms with Gasteiger partial charge in [-0.3, -0.25) is 0 Å². The van der Waals surface area contributed by atoms with Crippen LogP contribution in [0.5, 0.6) is 5.75 Å². The Hall–Kier alpha value is -0.730. The van der Waals surface area contributed by atoms with Crippen LogP contribution >= 0.6 is 11.6 Å². The van der Waals surface area contributed by atoms with Gasteiger partial charge in [-0.05, 0) is 37.0 Å². The smallest absolute Gasteiger partial charge is 0.138 e. The number of nitrogens with two attached hydrogens (primary N) is 1. The van der Waals surface area contributed by atoms with Crippen LogP contribution in [0, 0.1) is 0 Å².